The van der Waals surface area contributed by atoms with Crippen LogP contribution in [0.3, 0.4) is 0 Å². The maximum Gasteiger partial charge on any atom is 0.238 e. The minimum absolute atomic E-state index is 0.0366. The quantitative estimate of drug-likeness (QED) is 0.627. The fourth-order valence-corrected chi connectivity index (χ4v) is 3.40. The number of aromatic nitrogens is 3. The van der Waals surface area contributed by atoms with Crippen LogP contribution in [-0.4, -0.2) is 26.7 Å². The van der Waals surface area contributed by atoms with E-state index in [4.69, 9.17) is 0 Å². The number of thioether (sulfide) groups is 1. The molecule has 1 N–H and O–H groups in total. The van der Waals surface area contributed by atoms with Crippen molar-refractivity contribution in [3.05, 3.63) is 54.4 Å². The first-order valence-corrected chi connectivity index (χ1v) is 8.59. The van der Waals surface area contributed by atoms with Crippen molar-refractivity contribution in [2.24, 2.45) is 0 Å². The Hall–Kier alpha value is -2.08. The van der Waals surface area contributed by atoms with E-state index >= 15 is 0 Å². The van der Waals surface area contributed by atoms with Crippen molar-refractivity contribution in [2.75, 3.05) is 0 Å². The number of rotatable bonds is 7. The van der Waals surface area contributed by atoms with Gasteiger partial charge in [-0.2, -0.15) is 0 Å². The molecule has 1 aliphatic carbocycles. The summed E-state index contributed by atoms with van der Waals surface area (Å²) in [6, 6.07) is 10.1. The zero-order valence-electron chi connectivity index (χ0n) is 13.1. The van der Waals surface area contributed by atoms with Gasteiger partial charge in [0, 0.05) is 12.6 Å². The normalized spacial score (nSPS) is 15.2. The van der Waals surface area contributed by atoms with Gasteiger partial charge in [0.1, 0.15) is 11.1 Å². The van der Waals surface area contributed by atoms with Crippen molar-refractivity contribution >= 4 is 17.7 Å². The lowest BCUT2D eigenvalue weighted by atomic mass is 10.1. The second-order valence-corrected chi connectivity index (χ2v) is 6.69. The molecule has 1 fully saturated rings. The van der Waals surface area contributed by atoms with Crippen LogP contribution in [0.25, 0.3) is 0 Å². The first kappa shape index (κ1) is 15.8. The molecular formula is C17H20N4OS. The Morgan fingerprint density at radius 3 is 2.83 bits per heavy atom. The summed E-state index contributed by atoms with van der Waals surface area (Å²) in [6.45, 7) is 6.31. The highest BCUT2D eigenvalue weighted by Crippen LogP contribution is 2.35. The summed E-state index contributed by atoms with van der Waals surface area (Å²) in [5.41, 5.74) is 0.974. The highest BCUT2D eigenvalue weighted by atomic mass is 32.2. The largest absolute Gasteiger partial charge is 0.352 e. The molecule has 6 heteroatoms. The molecule has 120 valence electrons. The number of hydrogen-bond acceptors (Lipinski definition) is 4. The molecule has 1 aliphatic rings. The zero-order chi connectivity index (χ0) is 16.2. The van der Waals surface area contributed by atoms with E-state index in [-0.39, 0.29) is 11.2 Å². The third-order valence-electron chi connectivity index (χ3n) is 3.70. The average Bonchev–Trinajstić information content (AvgIpc) is 3.31. The van der Waals surface area contributed by atoms with E-state index < -0.39 is 0 Å². The van der Waals surface area contributed by atoms with Crippen LogP contribution in [0.5, 0.6) is 0 Å². The molecule has 1 aromatic carbocycles. The highest BCUT2D eigenvalue weighted by Gasteiger charge is 2.30. The van der Waals surface area contributed by atoms with E-state index in [2.05, 4.69) is 22.1 Å². The van der Waals surface area contributed by atoms with Gasteiger partial charge in [0.25, 0.3) is 0 Å². The van der Waals surface area contributed by atoms with E-state index in [1.54, 1.807) is 0 Å². The molecule has 0 aliphatic heterocycles. The van der Waals surface area contributed by atoms with Gasteiger partial charge in [-0.15, -0.1) is 16.8 Å². The van der Waals surface area contributed by atoms with Gasteiger partial charge < -0.3 is 9.88 Å². The number of aryl methyl sites for hydroxylation is 1. The van der Waals surface area contributed by atoms with Crippen molar-refractivity contribution in [2.45, 2.75) is 42.8 Å². The molecule has 1 saturated carbocycles. The Morgan fingerprint density at radius 2 is 2.17 bits per heavy atom. The van der Waals surface area contributed by atoms with Crippen molar-refractivity contribution in [3.63, 3.8) is 0 Å². The molecule has 1 amide bonds. The molecule has 2 aromatic rings. The lowest BCUT2D eigenvalue weighted by molar-refractivity contribution is -0.120. The molecule has 0 spiro atoms. The molecule has 23 heavy (non-hydrogen) atoms. The predicted octanol–water partition coefficient (Wildman–Crippen LogP) is 2.88. The lowest BCUT2D eigenvalue weighted by Gasteiger charge is -2.16. The molecule has 1 aromatic heterocycles. The number of carbonyl (C=O) groups is 1. The highest BCUT2D eigenvalue weighted by molar-refractivity contribution is 8.00. The van der Waals surface area contributed by atoms with Gasteiger partial charge in [-0.05, 0) is 25.3 Å². The standard InChI is InChI=1S/C17H20N4OS/c1-3-11-21-12(2)19-20-17(21)23-15(13-7-5-4-6-8-13)16(22)18-14-9-10-14/h3-8,14-15H,1,9-11H2,2H3,(H,18,22)/t15-/m1/s1. The zero-order valence-corrected chi connectivity index (χ0v) is 13.9. The third-order valence-corrected chi connectivity index (χ3v) is 4.94. The Labute approximate surface area is 140 Å². The van der Waals surface area contributed by atoms with Crippen LogP contribution in [0.4, 0.5) is 0 Å². The van der Waals surface area contributed by atoms with E-state index in [1.165, 1.54) is 11.8 Å². The Kier molecular flexibility index (Phi) is 4.81. The Balaban J connectivity index is 1.86. The summed E-state index contributed by atoms with van der Waals surface area (Å²) < 4.78 is 1.97. The van der Waals surface area contributed by atoms with Crippen molar-refractivity contribution < 1.29 is 4.79 Å². The van der Waals surface area contributed by atoms with Gasteiger partial charge in [0.05, 0.1) is 0 Å². The third kappa shape index (κ3) is 3.82. The van der Waals surface area contributed by atoms with Gasteiger partial charge in [0.2, 0.25) is 5.91 Å². The molecule has 0 unspecified atom stereocenters. The maximum atomic E-state index is 12.7. The second-order valence-electron chi connectivity index (χ2n) is 5.62. The van der Waals surface area contributed by atoms with Gasteiger partial charge >= 0.3 is 0 Å². The summed E-state index contributed by atoms with van der Waals surface area (Å²) in [4.78, 5) is 12.7. The van der Waals surface area contributed by atoms with Crippen LogP contribution in [0.1, 0.15) is 29.5 Å². The summed E-state index contributed by atoms with van der Waals surface area (Å²) in [5.74, 6) is 0.858. The van der Waals surface area contributed by atoms with Crippen LogP contribution in [0.15, 0.2) is 48.1 Å². The van der Waals surface area contributed by atoms with E-state index in [1.807, 2.05) is 47.9 Å². The molecule has 1 atom stereocenters. The molecular weight excluding hydrogens is 308 g/mol. The van der Waals surface area contributed by atoms with E-state index in [0.29, 0.717) is 12.6 Å². The minimum atomic E-state index is -0.330. The van der Waals surface area contributed by atoms with Crippen LogP contribution in [-0.2, 0) is 11.3 Å². The molecule has 1 heterocycles. The van der Waals surface area contributed by atoms with Crippen molar-refractivity contribution in [3.8, 4) is 0 Å². The number of hydrogen-bond donors (Lipinski definition) is 1. The minimum Gasteiger partial charge on any atom is -0.352 e. The fourth-order valence-electron chi connectivity index (χ4n) is 2.30. The van der Waals surface area contributed by atoms with Crippen molar-refractivity contribution in [1.82, 2.24) is 20.1 Å². The van der Waals surface area contributed by atoms with Gasteiger partial charge in [-0.25, -0.2) is 0 Å². The molecule has 0 bridgehead atoms. The fraction of sp³-hybridized carbons (Fsp3) is 0.353. The predicted molar refractivity (Wildman–Crippen MR) is 91.2 cm³/mol. The number of allylic oxidation sites excluding steroid dienone is 1. The molecule has 0 saturated heterocycles. The van der Waals surface area contributed by atoms with Crippen molar-refractivity contribution in [1.29, 1.82) is 0 Å². The van der Waals surface area contributed by atoms with E-state index in [9.17, 15) is 4.79 Å². The number of benzene rings is 1. The van der Waals surface area contributed by atoms with Crippen LogP contribution >= 0.6 is 11.8 Å². The van der Waals surface area contributed by atoms with Crippen LogP contribution in [0.2, 0.25) is 0 Å². The summed E-state index contributed by atoms with van der Waals surface area (Å²) >= 11 is 1.44. The number of nitrogens with zero attached hydrogens (tertiary/aromatic N) is 3. The second kappa shape index (κ2) is 7.00. The van der Waals surface area contributed by atoms with Gasteiger partial charge in [-0.3, -0.25) is 4.79 Å². The van der Waals surface area contributed by atoms with Gasteiger partial charge in [0.15, 0.2) is 5.16 Å². The number of nitrogens with one attached hydrogen (secondary N) is 1. The average molecular weight is 328 g/mol. The molecule has 3 rings (SSSR count). The Morgan fingerprint density at radius 1 is 1.43 bits per heavy atom. The summed E-state index contributed by atoms with van der Waals surface area (Å²) in [6.07, 6.45) is 3.95. The molecule has 5 nitrogen and oxygen atoms in total. The SMILES string of the molecule is C=CCn1c(C)nnc1S[C@@H](C(=O)NC1CC1)c1ccccc1. The Bertz CT molecular complexity index is 694. The van der Waals surface area contributed by atoms with Gasteiger partial charge in [-0.1, -0.05) is 48.2 Å². The number of amides is 1. The van der Waals surface area contributed by atoms with E-state index in [0.717, 1.165) is 29.4 Å². The molecule has 0 radical (unpaired) electrons. The lowest BCUT2D eigenvalue weighted by Crippen LogP contribution is -2.30. The maximum absolute atomic E-state index is 12.7. The summed E-state index contributed by atoms with van der Waals surface area (Å²) in [7, 11) is 0. The first-order chi connectivity index (χ1) is 11.2. The van der Waals surface area contributed by atoms with Crippen LogP contribution in [0, 0.1) is 6.92 Å². The first-order valence-electron chi connectivity index (χ1n) is 7.71. The van der Waals surface area contributed by atoms with Crippen LogP contribution < -0.4 is 5.32 Å². The number of carbonyl (C=O) groups excluding carboxylic acids is 1. The smallest absolute Gasteiger partial charge is 0.238 e. The summed E-state index contributed by atoms with van der Waals surface area (Å²) in [5, 5.41) is 11.9. The monoisotopic (exact) mass is 328 g/mol. The topological polar surface area (TPSA) is 59.8 Å².